The second-order valence-corrected chi connectivity index (χ2v) is 5.34. The number of nitrogens with zero attached hydrogens (tertiary/aromatic N) is 1. The molecule has 2 N–H and O–H groups in total. The van der Waals surface area contributed by atoms with E-state index in [0.29, 0.717) is 10.9 Å². The van der Waals surface area contributed by atoms with Crippen LogP contribution in [0.4, 0.5) is 0 Å². The fourth-order valence-electron chi connectivity index (χ4n) is 1.47. The summed E-state index contributed by atoms with van der Waals surface area (Å²) < 4.78 is 0. The van der Waals surface area contributed by atoms with Gasteiger partial charge in [-0.3, -0.25) is 4.79 Å². The lowest BCUT2D eigenvalue weighted by atomic mass is 10.2. The lowest BCUT2D eigenvalue weighted by molar-refractivity contribution is -0.130. The molecule has 1 rings (SSSR count). The molecule has 14 heavy (non-hydrogen) atoms. The normalized spacial score (nSPS) is 22.9. The van der Waals surface area contributed by atoms with Crippen LogP contribution >= 0.6 is 24.0 Å². The van der Waals surface area contributed by atoms with E-state index in [-0.39, 0.29) is 12.3 Å². The van der Waals surface area contributed by atoms with Gasteiger partial charge < -0.3 is 10.6 Å². The van der Waals surface area contributed by atoms with Crippen LogP contribution in [0.1, 0.15) is 13.3 Å². The van der Waals surface area contributed by atoms with Crippen LogP contribution in [0.2, 0.25) is 0 Å². The summed E-state index contributed by atoms with van der Waals surface area (Å²) in [5.74, 6) is 2.80. The molecule has 1 saturated heterocycles. The third-order valence-corrected chi connectivity index (χ3v) is 3.54. The topological polar surface area (TPSA) is 46.3 Å². The van der Waals surface area contributed by atoms with Gasteiger partial charge in [0.1, 0.15) is 0 Å². The number of hydrogen-bond acceptors (Lipinski definition) is 3. The zero-order valence-electron chi connectivity index (χ0n) is 8.36. The number of rotatable bonds is 2. The van der Waals surface area contributed by atoms with Gasteiger partial charge in [-0.25, -0.2) is 0 Å². The SMILES string of the molecule is CC1CSCCN(C(=O)CC(N)=S)C1. The van der Waals surface area contributed by atoms with E-state index in [2.05, 4.69) is 6.92 Å². The molecule has 3 nitrogen and oxygen atoms in total. The molecule has 1 fully saturated rings. The second kappa shape index (κ2) is 5.56. The smallest absolute Gasteiger partial charge is 0.229 e. The van der Waals surface area contributed by atoms with Crippen molar-refractivity contribution in [2.75, 3.05) is 24.6 Å². The molecule has 0 aromatic carbocycles. The first kappa shape index (κ1) is 11.8. The van der Waals surface area contributed by atoms with Gasteiger partial charge in [-0.05, 0) is 11.7 Å². The maximum Gasteiger partial charge on any atom is 0.229 e. The van der Waals surface area contributed by atoms with Crippen molar-refractivity contribution in [3.63, 3.8) is 0 Å². The van der Waals surface area contributed by atoms with E-state index < -0.39 is 0 Å². The third-order valence-electron chi connectivity index (χ3n) is 2.12. The van der Waals surface area contributed by atoms with Crippen LogP contribution < -0.4 is 5.73 Å². The number of carbonyl (C=O) groups is 1. The van der Waals surface area contributed by atoms with Crippen LogP contribution in [-0.2, 0) is 4.79 Å². The van der Waals surface area contributed by atoms with E-state index in [9.17, 15) is 4.79 Å². The van der Waals surface area contributed by atoms with Gasteiger partial charge >= 0.3 is 0 Å². The van der Waals surface area contributed by atoms with Crippen molar-refractivity contribution in [3.05, 3.63) is 0 Å². The van der Waals surface area contributed by atoms with Crippen molar-refractivity contribution >= 4 is 34.9 Å². The number of hydrogen-bond donors (Lipinski definition) is 1. The van der Waals surface area contributed by atoms with Gasteiger partial charge in [0.25, 0.3) is 0 Å². The molecule has 5 heteroatoms. The van der Waals surface area contributed by atoms with Crippen LogP contribution in [0, 0.1) is 5.92 Å². The average Bonchev–Trinajstić information content (AvgIpc) is 2.28. The maximum absolute atomic E-state index is 11.7. The zero-order chi connectivity index (χ0) is 10.6. The summed E-state index contributed by atoms with van der Waals surface area (Å²) in [6.07, 6.45) is 0.215. The molecule has 1 aliphatic rings. The van der Waals surface area contributed by atoms with E-state index in [0.717, 1.165) is 24.6 Å². The summed E-state index contributed by atoms with van der Waals surface area (Å²) in [6.45, 7) is 3.84. The van der Waals surface area contributed by atoms with Gasteiger partial charge in [0.15, 0.2) is 0 Å². The molecule has 0 saturated carbocycles. The molecule has 1 aliphatic heterocycles. The Labute approximate surface area is 94.4 Å². The van der Waals surface area contributed by atoms with Gasteiger partial charge in [-0.15, -0.1) is 0 Å². The number of thioether (sulfide) groups is 1. The minimum Gasteiger partial charge on any atom is -0.393 e. The highest BCUT2D eigenvalue weighted by molar-refractivity contribution is 7.99. The number of amides is 1. The van der Waals surface area contributed by atoms with Crippen LogP contribution in [-0.4, -0.2) is 40.4 Å². The molecular weight excluding hydrogens is 216 g/mol. The third kappa shape index (κ3) is 3.84. The van der Waals surface area contributed by atoms with Gasteiger partial charge in [0, 0.05) is 18.8 Å². The number of nitrogens with two attached hydrogens (primary N) is 1. The minimum absolute atomic E-state index is 0.0758. The van der Waals surface area contributed by atoms with Gasteiger partial charge in [-0.1, -0.05) is 19.1 Å². The Hall–Kier alpha value is -0.290. The first-order valence-corrected chi connectivity index (χ1v) is 6.29. The molecule has 1 atom stereocenters. The summed E-state index contributed by atoms with van der Waals surface area (Å²) in [6, 6.07) is 0. The summed E-state index contributed by atoms with van der Waals surface area (Å²) in [4.78, 5) is 13.8. The molecule has 1 heterocycles. The molecule has 1 unspecified atom stereocenters. The van der Waals surface area contributed by atoms with E-state index in [1.807, 2.05) is 16.7 Å². The number of thiocarbonyl (C=S) groups is 1. The summed E-state index contributed by atoms with van der Waals surface area (Å²) in [7, 11) is 0. The number of carbonyl (C=O) groups excluding carboxylic acids is 1. The van der Waals surface area contributed by atoms with Crippen LogP contribution in [0.25, 0.3) is 0 Å². The van der Waals surface area contributed by atoms with Crippen LogP contribution in [0.5, 0.6) is 0 Å². The minimum atomic E-state index is 0.0758. The molecule has 1 amide bonds. The Morgan fingerprint density at radius 2 is 2.43 bits per heavy atom. The van der Waals surface area contributed by atoms with E-state index in [1.54, 1.807) is 0 Å². The van der Waals surface area contributed by atoms with Crippen molar-refractivity contribution in [2.45, 2.75) is 13.3 Å². The summed E-state index contributed by atoms with van der Waals surface area (Å²) >= 11 is 6.64. The Morgan fingerprint density at radius 3 is 3.07 bits per heavy atom. The summed E-state index contributed by atoms with van der Waals surface area (Å²) in [5.41, 5.74) is 5.35. The van der Waals surface area contributed by atoms with E-state index >= 15 is 0 Å². The molecule has 0 spiro atoms. The Morgan fingerprint density at radius 1 is 1.71 bits per heavy atom. The fraction of sp³-hybridized carbons (Fsp3) is 0.778. The average molecular weight is 232 g/mol. The lowest BCUT2D eigenvalue weighted by Gasteiger charge is -2.22. The van der Waals surface area contributed by atoms with E-state index in [4.69, 9.17) is 18.0 Å². The highest BCUT2D eigenvalue weighted by Crippen LogP contribution is 2.15. The molecule has 0 aromatic heterocycles. The maximum atomic E-state index is 11.7. The Kier molecular flexibility index (Phi) is 4.68. The molecule has 0 radical (unpaired) electrons. The van der Waals surface area contributed by atoms with Crippen molar-refractivity contribution in [2.24, 2.45) is 11.7 Å². The quantitative estimate of drug-likeness (QED) is 0.718. The Bertz CT molecular complexity index is 233. The van der Waals surface area contributed by atoms with Gasteiger partial charge in [0.05, 0.1) is 11.4 Å². The van der Waals surface area contributed by atoms with Gasteiger partial charge in [-0.2, -0.15) is 11.8 Å². The molecular formula is C9H16N2OS2. The first-order chi connectivity index (χ1) is 6.59. The lowest BCUT2D eigenvalue weighted by Crippen LogP contribution is -2.37. The zero-order valence-corrected chi connectivity index (χ0v) is 10.00. The molecule has 0 bridgehead atoms. The van der Waals surface area contributed by atoms with Gasteiger partial charge in [0.2, 0.25) is 5.91 Å². The second-order valence-electron chi connectivity index (χ2n) is 3.66. The van der Waals surface area contributed by atoms with Crippen molar-refractivity contribution in [1.82, 2.24) is 4.90 Å². The van der Waals surface area contributed by atoms with Crippen LogP contribution in [0.3, 0.4) is 0 Å². The van der Waals surface area contributed by atoms with E-state index in [1.165, 1.54) is 0 Å². The monoisotopic (exact) mass is 232 g/mol. The summed E-state index contributed by atoms with van der Waals surface area (Å²) in [5, 5.41) is 0. The highest BCUT2D eigenvalue weighted by atomic mass is 32.2. The van der Waals surface area contributed by atoms with Crippen molar-refractivity contribution in [3.8, 4) is 0 Å². The fourth-order valence-corrected chi connectivity index (χ4v) is 2.61. The molecule has 0 aromatic rings. The largest absolute Gasteiger partial charge is 0.393 e. The highest BCUT2D eigenvalue weighted by Gasteiger charge is 2.19. The standard InChI is InChI=1S/C9H16N2OS2/c1-7-5-11(2-3-14-6-7)9(12)4-8(10)13/h7H,2-6H2,1H3,(H2,10,13). The molecule has 0 aliphatic carbocycles. The predicted molar refractivity (Wildman–Crippen MR) is 64.5 cm³/mol. The Balaban J connectivity index is 2.48. The molecule has 80 valence electrons. The first-order valence-electron chi connectivity index (χ1n) is 4.73. The van der Waals surface area contributed by atoms with Crippen molar-refractivity contribution < 1.29 is 4.79 Å². The van der Waals surface area contributed by atoms with Crippen LogP contribution in [0.15, 0.2) is 0 Å². The predicted octanol–water partition coefficient (Wildman–Crippen LogP) is 0.874. The van der Waals surface area contributed by atoms with Crippen molar-refractivity contribution in [1.29, 1.82) is 0 Å².